The van der Waals surface area contributed by atoms with Gasteiger partial charge >= 0.3 is 4.87 Å². The van der Waals surface area contributed by atoms with E-state index in [1.165, 1.54) is 6.92 Å². The highest BCUT2D eigenvalue weighted by atomic mass is 32.2. The number of nitrogens with two attached hydrogens (primary N) is 1. The standard InChI is InChI=1S/C6H9N3O4S2/c1-3-5(14-6(11)9-3)15(12,13)8-2-4(7)10/h8H,2H2,1H3,(H2,7,10)(H,9,11). The molecular weight excluding hydrogens is 242 g/mol. The molecule has 0 unspecified atom stereocenters. The van der Waals surface area contributed by atoms with Crippen LogP contribution in [-0.4, -0.2) is 25.9 Å². The van der Waals surface area contributed by atoms with E-state index >= 15 is 0 Å². The van der Waals surface area contributed by atoms with Gasteiger partial charge in [0.05, 0.1) is 6.54 Å². The van der Waals surface area contributed by atoms with Crippen molar-refractivity contribution in [2.24, 2.45) is 5.73 Å². The molecule has 0 spiro atoms. The van der Waals surface area contributed by atoms with Crippen molar-refractivity contribution in [3.8, 4) is 0 Å². The van der Waals surface area contributed by atoms with Crippen LogP contribution in [0.1, 0.15) is 5.69 Å². The quantitative estimate of drug-likeness (QED) is 0.603. The van der Waals surface area contributed by atoms with Crippen molar-refractivity contribution in [1.82, 2.24) is 9.71 Å². The number of H-pyrrole nitrogens is 1. The van der Waals surface area contributed by atoms with Crippen molar-refractivity contribution in [2.75, 3.05) is 6.54 Å². The second kappa shape index (κ2) is 4.13. The summed E-state index contributed by atoms with van der Waals surface area (Å²) in [6.07, 6.45) is 0. The normalized spacial score (nSPS) is 11.5. The minimum Gasteiger partial charge on any atom is -0.369 e. The van der Waals surface area contributed by atoms with Gasteiger partial charge in [-0.1, -0.05) is 11.3 Å². The van der Waals surface area contributed by atoms with E-state index in [2.05, 4.69) is 4.98 Å². The summed E-state index contributed by atoms with van der Waals surface area (Å²) < 4.78 is 24.9. The number of carbonyl (C=O) groups is 1. The molecule has 1 amide bonds. The van der Waals surface area contributed by atoms with Crippen LogP contribution in [0.4, 0.5) is 0 Å². The first kappa shape index (κ1) is 11.9. The lowest BCUT2D eigenvalue weighted by Gasteiger charge is -2.02. The van der Waals surface area contributed by atoms with Gasteiger partial charge in [0.15, 0.2) is 4.21 Å². The number of aryl methyl sites for hydroxylation is 1. The van der Waals surface area contributed by atoms with Gasteiger partial charge in [0.25, 0.3) is 10.0 Å². The van der Waals surface area contributed by atoms with Crippen LogP contribution in [0.5, 0.6) is 0 Å². The summed E-state index contributed by atoms with van der Waals surface area (Å²) in [6, 6.07) is 0. The highest BCUT2D eigenvalue weighted by molar-refractivity contribution is 7.91. The van der Waals surface area contributed by atoms with E-state index < -0.39 is 27.3 Å². The number of aromatic amines is 1. The molecule has 0 bridgehead atoms. The van der Waals surface area contributed by atoms with Gasteiger partial charge in [0.1, 0.15) is 0 Å². The van der Waals surface area contributed by atoms with E-state index in [0.29, 0.717) is 11.3 Å². The molecule has 0 aliphatic heterocycles. The number of hydrogen-bond donors (Lipinski definition) is 3. The molecule has 1 aromatic heterocycles. The second-order valence-corrected chi connectivity index (χ2v) is 5.66. The molecule has 0 aliphatic carbocycles. The van der Waals surface area contributed by atoms with Gasteiger partial charge in [-0.2, -0.15) is 0 Å². The molecule has 0 saturated carbocycles. The highest BCUT2D eigenvalue weighted by Crippen LogP contribution is 2.14. The molecule has 1 aromatic rings. The van der Waals surface area contributed by atoms with Crippen LogP contribution in [0.15, 0.2) is 9.00 Å². The Bertz CT molecular complexity index is 527. The third kappa shape index (κ3) is 2.88. The summed E-state index contributed by atoms with van der Waals surface area (Å²) in [5, 5.41) is 0. The van der Waals surface area contributed by atoms with Crippen LogP contribution >= 0.6 is 11.3 Å². The van der Waals surface area contributed by atoms with Crippen LogP contribution < -0.4 is 15.3 Å². The summed E-state index contributed by atoms with van der Waals surface area (Å²) in [7, 11) is -3.83. The van der Waals surface area contributed by atoms with Gasteiger partial charge in [-0.15, -0.1) is 0 Å². The maximum absolute atomic E-state index is 11.5. The summed E-state index contributed by atoms with van der Waals surface area (Å²) >= 11 is 0.559. The van der Waals surface area contributed by atoms with E-state index in [1.807, 2.05) is 4.72 Å². The molecule has 0 radical (unpaired) electrons. The Morgan fingerprint density at radius 3 is 2.60 bits per heavy atom. The first-order chi connectivity index (χ1) is 6.83. The lowest BCUT2D eigenvalue weighted by molar-refractivity contribution is -0.116. The maximum Gasteiger partial charge on any atom is 0.305 e. The zero-order chi connectivity index (χ0) is 11.6. The summed E-state index contributed by atoms with van der Waals surface area (Å²) in [6.45, 7) is 0.963. The predicted octanol–water partition coefficient (Wildman–Crippen LogP) is -1.49. The van der Waals surface area contributed by atoms with Gasteiger partial charge in [-0.25, -0.2) is 13.1 Å². The molecule has 0 aliphatic rings. The smallest absolute Gasteiger partial charge is 0.305 e. The Labute approximate surface area is 89.4 Å². The van der Waals surface area contributed by atoms with Crippen molar-refractivity contribution >= 4 is 27.3 Å². The number of aromatic nitrogens is 1. The van der Waals surface area contributed by atoms with Gasteiger partial charge in [0.2, 0.25) is 5.91 Å². The lowest BCUT2D eigenvalue weighted by atomic mass is 10.6. The Balaban J connectivity index is 3.01. The van der Waals surface area contributed by atoms with Crippen molar-refractivity contribution in [1.29, 1.82) is 0 Å². The van der Waals surface area contributed by atoms with Crippen LogP contribution in [0.3, 0.4) is 0 Å². The minimum atomic E-state index is -3.83. The molecule has 0 aromatic carbocycles. The summed E-state index contributed by atoms with van der Waals surface area (Å²) in [5.74, 6) is -0.792. The first-order valence-electron chi connectivity index (χ1n) is 3.80. The van der Waals surface area contributed by atoms with Crippen LogP contribution in [0.2, 0.25) is 0 Å². The Morgan fingerprint density at radius 1 is 1.60 bits per heavy atom. The monoisotopic (exact) mass is 251 g/mol. The molecule has 7 nitrogen and oxygen atoms in total. The fourth-order valence-corrected chi connectivity index (χ4v) is 3.22. The number of carbonyl (C=O) groups excluding carboxylic acids is 1. The minimum absolute atomic E-state index is 0.131. The average Bonchev–Trinajstić information content (AvgIpc) is 2.43. The van der Waals surface area contributed by atoms with Crippen LogP contribution in [0.25, 0.3) is 0 Å². The topological polar surface area (TPSA) is 122 Å². The average molecular weight is 251 g/mol. The number of thiazole rings is 1. The highest BCUT2D eigenvalue weighted by Gasteiger charge is 2.20. The SMILES string of the molecule is Cc1[nH]c(=O)sc1S(=O)(=O)NCC(N)=O. The molecule has 0 saturated heterocycles. The van der Waals surface area contributed by atoms with Crippen LogP contribution in [-0.2, 0) is 14.8 Å². The second-order valence-electron chi connectivity index (χ2n) is 2.72. The van der Waals surface area contributed by atoms with E-state index in [9.17, 15) is 18.0 Å². The Morgan fingerprint density at radius 2 is 2.20 bits per heavy atom. The fraction of sp³-hybridized carbons (Fsp3) is 0.333. The molecule has 0 atom stereocenters. The lowest BCUT2D eigenvalue weighted by Crippen LogP contribution is -2.33. The predicted molar refractivity (Wildman–Crippen MR) is 54.1 cm³/mol. The van der Waals surface area contributed by atoms with E-state index in [4.69, 9.17) is 5.73 Å². The molecular formula is C6H9N3O4S2. The number of sulfonamides is 1. The number of amides is 1. The van der Waals surface area contributed by atoms with E-state index in [0.717, 1.165) is 0 Å². The van der Waals surface area contributed by atoms with Crippen LogP contribution in [0, 0.1) is 6.92 Å². The molecule has 84 valence electrons. The molecule has 15 heavy (non-hydrogen) atoms. The third-order valence-corrected chi connectivity index (χ3v) is 4.47. The number of rotatable bonds is 4. The first-order valence-corrected chi connectivity index (χ1v) is 6.10. The van der Waals surface area contributed by atoms with Gasteiger partial charge in [-0.05, 0) is 6.92 Å². The Hall–Kier alpha value is -1.19. The zero-order valence-electron chi connectivity index (χ0n) is 7.73. The zero-order valence-corrected chi connectivity index (χ0v) is 9.37. The Kier molecular flexibility index (Phi) is 3.27. The maximum atomic E-state index is 11.5. The molecule has 0 fully saturated rings. The number of nitrogens with one attached hydrogen (secondary N) is 2. The van der Waals surface area contributed by atoms with Gasteiger partial charge in [0, 0.05) is 5.69 Å². The molecule has 1 rings (SSSR count). The van der Waals surface area contributed by atoms with E-state index in [-0.39, 0.29) is 9.90 Å². The molecule has 1 heterocycles. The largest absolute Gasteiger partial charge is 0.369 e. The van der Waals surface area contributed by atoms with Gasteiger partial charge in [-0.3, -0.25) is 9.59 Å². The van der Waals surface area contributed by atoms with Gasteiger partial charge < -0.3 is 10.7 Å². The summed E-state index contributed by atoms with van der Waals surface area (Å²) in [4.78, 5) is 23.1. The van der Waals surface area contributed by atoms with Crippen molar-refractivity contribution in [3.05, 3.63) is 15.4 Å². The fourth-order valence-electron chi connectivity index (χ4n) is 0.878. The van der Waals surface area contributed by atoms with Crippen molar-refractivity contribution in [2.45, 2.75) is 11.1 Å². The summed E-state index contributed by atoms with van der Waals surface area (Å²) in [5.41, 5.74) is 5.03. The number of hydrogen-bond acceptors (Lipinski definition) is 5. The molecule has 9 heteroatoms. The van der Waals surface area contributed by atoms with Crippen molar-refractivity contribution in [3.63, 3.8) is 0 Å². The van der Waals surface area contributed by atoms with E-state index in [1.54, 1.807) is 0 Å². The number of primary amides is 1. The van der Waals surface area contributed by atoms with Crippen molar-refractivity contribution < 1.29 is 13.2 Å². The molecule has 4 N–H and O–H groups in total. The third-order valence-electron chi connectivity index (χ3n) is 1.46.